The molecule has 0 spiro atoms. The Bertz CT molecular complexity index is 257. The molecule has 0 aliphatic heterocycles. The molecule has 0 fully saturated rings. The van der Waals surface area contributed by atoms with Gasteiger partial charge in [-0.25, -0.2) is 0 Å². The maximum absolute atomic E-state index is 3.17. The minimum Gasteiger partial charge on any atom is -0.319 e. The van der Waals surface area contributed by atoms with Crippen molar-refractivity contribution in [1.29, 1.82) is 0 Å². The summed E-state index contributed by atoms with van der Waals surface area (Å²) in [6.45, 7) is 7.87. The highest BCUT2D eigenvalue weighted by Crippen LogP contribution is 2.29. The van der Waals surface area contributed by atoms with Gasteiger partial charge >= 0.3 is 0 Å². The van der Waals surface area contributed by atoms with Gasteiger partial charge in [0.15, 0.2) is 0 Å². The Morgan fingerprint density at radius 3 is 2.46 bits per heavy atom. The standard InChI is InChI=1S/C11H19NS/c1-11(2,3)10-6-5-9(13-10)7-8-12-4/h5-6,12H,7-8H2,1-4H3. The largest absolute Gasteiger partial charge is 0.319 e. The van der Waals surface area contributed by atoms with Crippen molar-refractivity contribution in [2.45, 2.75) is 32.6 Å². The van der Waals surface area contributed by atoms with E-state index in [0.717, 1.165) is 13.0 Å². The molecule has 0 saturated carbocycles. The van der Waals surface area contributed by atoms with Crippen LogP contribution < -0.4 is 5.32 Å². The van der Waals surface area contributed by atoms with E-state index >= 15 is 0 Å². The van der Waals surface area contributed by atoms with Crippen LogP contribution in [0, 0.1) is 0 Å². The summed E-state index contributed by atoms with van der Waals surface area (Å²) in [6, 6.07) is 4.51. The van der Waals surface area contributed by atoms with Crippen molar-refractivity contribution in [2.75, 3.05) is 13.6 Å². The van der Waals surface area contributed by atoms with Gasteiger partial charge in [-0.05, 0) is 37.6 Å². The van der Waals surface area contributed by atoms with E-state index in [4.69, 9.17) is 0 Å². The van der Waals surface area contributed by atoms with E-state index in [0.29, 0.717) is 5.41 Å². The molecule has 0 atom stereocenters. The molecule has 1 aromatic heterocycles. The Morgan fingerprint density at radius 2 is 2.00 bits per heavy atom. The summed E-state index contributed by atoms with van der Waals surface area (Å²) in [7, 11) is 2.00. The zero-order valence-electron chi connectivity index (χ0n) is 8.98. The second kappa shape index (κ2) is 4.25. The van der Waals surface area contributed by atoms with Crippen molar-refractivity contribution >= 4 is 11.3 Å². The van der Waals surface area contributed by atoms with Gasteiger partial charge in [-0.3, -0.25) is 0 Å². The highest BCUT2D eigenvalue weighted by Gasteiger charge is 2.15. The molecule has 0 unspecified atom stereocenters. The monoisotopic (exact) mass is 197 g/mol. The summed E-state index contributed by atoms with van der Waals surface area (Å²) in [4.78, 5) is 2.97. The van der Waals surface area contributed by atoms with Gasteiger partial charge in [-0.15, -0.1) is 11.3 Å². The molecule has 0 saturated heterocycles. The lowest BCUT2D eigenvalue weighted by molar-refractivity contribution is 0.604. The molecular weight excluding hydrogens is 178 g/mol. The first-order chi connectivity index (χ1) is 6.04. The first-order valence-electron chi connectivity index (χ1n) is 4.78. The van der Waals surface area contributed by atoms with E-state index in [1.54, 1.807) is 0 Å². The fourth-order valence-corrected chi connectivity index (χ4v) is 2.23. The van der Waals surface area contributed by atoms with Crippen LogP contribution in [-0.4, -0.2) is 13.6 Å². The molecule has 0 aliphatic rings. The number of thiophene rings is 1. The summed E-state index contributed by atoms with van der Waals surface area (Å²) < 4.78 is 0. The van der Waals surface area contributed by atoms with Gasteiger partial charge in [0.1, 0.15) is 0 Å². The minimum absolute atomic E-state index is 0.308. The molecule has 1 heterocycles. The molecule has 74 valence electrons. The molecule has 0 radical (unpaired) electrons. The predicted molar refractivity (Wildman–Crippen MR) is 60.6 cm³/mol. The van der Waals surface area contributed by atoms with Crippen LogP contribution in [0.25, 0.3) is 0 Å². The second-order valence-electron chi connectivity index (χ2n) is 4.37. The van der Waals surface area contributed by atoms with Crippen molar-refractivity contribution in [1.82, 2.24) is 5.32 Å². The van der Waals surface area contributed by atoms with Crippen molar-refractivity contribution in [2.24, 2.45) is 0 Å². The number of nitrogens with one attached hydrogen (secondary N) is 1. The van der Waals surface area contributed by atoms with Crippen molar-refractivity contribution < 1.29 is 0 Å². The topological polar surface area (TPSA) is 12.0 Å². The normalized spacial score (nSPS) is 12.0. The fraction of sp³-hybridized carbons (Fsp3) is 0.636. The SMILES string of the molecule is CNCCc1ccc(C(C)(C)C)s1. The lowest BCUT2D eigenvalue weighted by Gasteiger charge is -2.15. The number of rotatable bonds is 3. The van der Waals surface area contributed by atoms with Crippen LogP contribution >= 0.6 is 11.3 Å². The van der Waals surface area contributed by atoms with E-state index in [2.05, 4.69) is 38.2 Å². The Balaban J connectivity index is 2.64. The Morgan fingerprint density at radius 1 is 1.31 bits per heavy atom. The number of hydrogen-bond acceptors (Lipinski definition) is 2. The maximum Gasteiger partial charge on any atom is 0.0102 e. The molecule has 0 bridgehead atoms. The Labute approximate surface area is 85.2 Å². The molecule has 1 N–H and O–H groups in total. The zero-order valence-corrected chi connectivity index (χ0v) is 9.79. The van der Waals surface area contributed by atoms with Gasteiger partial charge in [0.05, 0.1) is 0 Å². The third-order valence-corrected chi connectivity index (χ3v) is 3.59. The molecule has 13 heavy (non-hydrogen) atoms. The molecule has 1 aromatic rings. The van der Waals surface area contributed by atoms with Gasteiger partial charge in [0, 0.05) is 9.75 Å². The average Bonchev–Trinajstić information content (AvgIpc) is 2.47. The van der Waals surface area contributed by atoms with Crippen molar-refractivity contribution in [3.8, 4) is 0 Å². The number of likely N-dealkylation sites (N-methyl/N-ethyl adjacent to an activating group) is 1. The maximum atomic E-state index is 3.17. The second-order valence-corrected chi connectivity index (χ2v) is 5.54. The summed E-state index contributed by atoms with van der Waals surface area (Å²) >= 11 is 1.94. The Kier molecular flexibility index (Phi) is 3.51. The van der Waals surface area contributed by atoms with Crippen LogP contribution in [0.4, 0.5) is 0 Å². The highest BCUT2D eigenvalue weighted by atomic mass is 32.1. The zero-order chi connectivity index (χ0) is 9.90. The third-order valence-electron chi connectivity index (χ3n) is 2.02. The van der Waals surface area contributed by atoms with Gasteiger partial charge in [0.2, 0.25) is 0 Å². The Hall–Kier alpha value is -0.340. The van der Waals surface area contributed by atoms with E-state index < -0.39 is 0 Å². The molecular formula is C11H19NS. The molecule has 1 rings (SSSR count). The smallest absolute Gasteiger partial charge is 0.0102 e. The highest BCUT2D eigenvalue weighted by molar-refractivity contribution is 7.12. The van der Waals surface area contributed by atoms with Crippen LogP contribution in [0.15, 0.2) is 12.1 Å². The summed E-state index contributed by atoms with van der Waals surface area (Å²) in [5, 5.41) is 3.17. The van der Waals surface area contributed by atoms with Crippen molar-refractivity contribution in [3.05, 3.63) is 21.9 Å². The van der Waals surface area contributed by atoms with Crippen LogP contribution in [-0.2, 0) is 11.8 Å². The van der Waals surface area contributed by atoms with Gasteiger partial charge in [-0.2, -0.15) is 0 Å². The van der Waals surface area contributed by atoms with E-state index in [1.165, 1.54) is 9.75 Å². The van der Waals surface area contributed by atoms with Crippen LogP contribution in [0.2, 0.25) is 0 Å². The first-order valence-corrected chi connectivity index (χ1v) is 5.59. The van der Waals surface area contributed by atoms with Gasteiger partial charge in [-0.1, -0.05) is 20.8 Å². The first kappa shape index (κ1) is 10.7. The quantitative estimate of drug-likeness (QED) is 0.785. The molecule has 2 heteroatoms. The van der Waals surface area contributed by atoms with Gasteiger partial charge < -0.3 is 5.32 Å². The van der Waals surface area contributed by atoms with E-state index in [9.17, 15) is 0 Å². The van der Waals surface area contributed by atoms with E-state index in [-0.39, 0.29) is 0 Å². The summed E-state index contributed by atoms with van der Waals surface area (Å²) in [5.74, 6) is 0. The molecule has 1 nitrogen and oxygen atoms in total. The number of hydrogen-bond donors (Lipinski definition) is 1. The minimum atomic E-state index is 0.308. The summed E-state index contributed by atoms with van der Waals surface area (Å²) in [5.41, 5.74) is 0.308. The van der Waals surface area contributed by atoms with Crippen LogP contribution in [0.5, 0.6) is 0 Å². The fourth-order valence-electron chi connectivity index (χ4n) is 1.16. The molecule has 0 aliphatic carbocycles. The molecule has 0 aromatic carbocycles. The van der Waals surface area contributed by atoms with Gasteiger partial charge in [0.25, 0.3) is 0 Å². The van der Waals surface area contributed by atoms with Crippen LogP contribution in [0.3, 0.4) is 0 Å². The summed E-state index contributed by atoms with van der Waals surface area (Å²) in [6.07, 6.45) is 1.15. The molecule has 0 amide bonds. The lowest BCUT2D eigenvalue weighted by Crippen LogP contribution is -2.09. The van der Waals surface area contributed by atoms with Crippen molar-refractivity contribution in [3.63, 3.8) is 0 Å². The lowest BCUT2D eigenvalue weighted by atomic mass is 9.95. The average molecular weight is 197 g/mol. The van der Waals surface area contributed by atoms with E-state index in [1.807, 2.05) is 18.4 Å². The van der Waals surface area contributed by atoms with Crippen LogP contribution in [0.1, 0.15) is 30.5 Å². The third kappa shape index (κ3) is 3.12. The predicted octanol–water partition coefficient (Wildman–Crippen LogP) is 2.81.